The summed E-state index contributed by atoms with van der Waals surface area (Å²) in [5.41, 5.74) is -0.589. The number of hydrogen-bond acceptors (Lipinski definition) is 5. The van der Waals surface area contributed by atoms with Gasteiger partial charge < -0.3 is 9.64 Å². The lowest BCUT2D eigenvalue weighted by molar-refractivity contribution is -0.143. The topological polar surface area (TPSA) is 58.6 Å². The average Bonchev–Trinajstić information content (AvgIpc) is 2.90. The number of carbonyl (C=O) groups excluding carboxylic acids is 1. The van der Waals surface area contributed by atoms with Crippen LogP contribution in [0, 0.1) is 13.8 Å². The standard InChI is InChI=1S/C29H30F6N4O2/c1-5-22-15-24(23-11-17(3)37-18(4)26(23)39(22)27(40)41-6-2)38(25-9-7-8-10-36-25)16-19-12-20(28(30,31)32)14-21(13-19)29(33,34)35/h7-14,22,24H,5-6,15-16H2,1-4H3. The quantitative estimate of drug-likeness (QED) is 0.277. The first-order chi connectivity index (χ1) is 19.2. The van der Waals surface area contributed by atoms with Gasteiger partial charge >= 0.3 is 18.4 Å². The smallest absolute Gasteiger partial charge is 0.416 e. The minimum absolute atomic E-state index is 0.118. The number of pyridine rings is 2. The maximum absolute atomic E-state index is 13.7. The van der Waals surface area contributed by atoms with Crippen molar-refractivity contribution in [2.45, 2.75) is 71.5 Å². The van der Waals surface area contributed by atoms with E-state index < -0.39 is 35.6 Å². The minimum atomic E-state index is -4.98. The molecule has 2 atom stereocenters. The van der Waals surface area contributed by atoms with Crippen LogP contribution in [0.1, 0.15) is 66.4 Å². The van der Waals surface area contributed by atoms with Gasteiger partial charge in [0, 0.05) is 30.0 Å². The molecule has 0 bridgehead atoms. The van der Waals surface area contributed by atoms with Crippen LogP contribution < -0.4 is 9.80 Å². The normalized spacial score (nSPS) is 17.3. The number of aromatic nitrogens is 2. The molecule has 0 N–H and O–H groups in total. The second kappa shape index (κ2) is 11.6. The highest BCUT2D eigenvalue weighted by molar-refractivity contribution is 5.91. The van der Waals surface area contributed by atoms with Crippen molar-refractivity contribution < 1.29 is 35.9 Å². The molecule has 0 saturated carbocycles. The number of benzene rings is 1. The first kappa shape index (κ1) is 30.1. The van der Waals surface area contributed by atoms with Crippen LogP contribution in [0.2, 0.25) is 0 Å². The van der Waals surface area contributed by atoms with E-state index in [1.807, 2.05) is 6.92 Å². The second-order valence-corrected chi connectivity index (χ2v) is 9.90. The monoisotopic (exact) mass is 580 g/mol. The Morgan fingerprint density at radius 2 is 1.68 bits per heavy atom. The molecule has 41 heavy (non-hydrogen) atoms. The summed E-state index contributed by atoms with van der Waals surface area (Å²) in [5.74, 6) is 0.362. The fraction of sp³-hybridized carbons (Fsp3) is 0.414. The molecule has 1 aromatic carbocycles. The molecule has 0 saturated heterocycles. The Kier molecular flexibility index (Phi) is 8.51. The molecule has 4 rings (SSSR count). The Morgan fingerprint density at radius 1 is 1.02 bits per heavy atom. The van der Waals surface area contributed by atoms with Crippen molar-refractivity contribution in [1.82, 2.24) is 9.97 Å². The molecule has 0 fully saturated rings. The van der Waals surface area contributed by atoms with E-state index in [9.17, 15) is 31.1 Å². The first-order valence-corrected chi connectivity index (χ1v) is 13.1. The zero-order valence-electron chi connectivity index (χ0n) is 23.0. The maximum atomic E-state index is 13.7. The number of nitrogens with zero attached hydrogens (tertiary/aromatic N) is 4. The van der Waals surface area contributed by atoms with E-state index in [1.54, 1.807) is 54.8 Å². The van der Waals surface area contributed by atoms with E-state index in [2.05, 4.69) is 9.97 Å². The average molecular weight is 581 g/mol. The van der Waals surface area contributed by atoms with Crippen LogP contribution in [0.15, 0.2) is 48.7 Å². The summed E-state index contributed by atoms with van der Waals surface area (Å²) >= 11 is 0. The van der Waals surface area contributed by atoms with Crippen LogP contribution >= 0.6 is 0 Å². The number of aryl methyl sites for hydroxylation is 2. The van der Waals surface area contributed by atoms with Gasteiger partial charge in [0.25, 0.3) is 0 Å². The number of alkyl halides is 6. The third-order valence-corrected chi connectivity index (χ3v) is 7.04. The van der Waals surface area contributed by atoms with E-state index in [1.165, 1.54) is 6.20 Å². The molecule has 3 aromatic rings. The van der Waals surface area contributed by atoms with E-state index >= 15 is 0 Å². The van der Waals surface area contributed by atoms with Crippen LogP contribution in [0.4, 0.5) is 42.6 Å². The Labute approximate surface area is 234 Å². The first-order valence-electron chi connectivity index (χ1n) is 13.1. The highest BCUT2D eigenvalue weighted by Crippen LogP contribution is 2.45. The van der Waals surface area contributed by atoms with Gasteiger partial charge in [-0.15, -0.1) is 0 Å². The van der Waals surface area contributed by atoms with Gasteiger partial charge in [-0.3, -0.25) is 9.88 Å². The lowest BCUT2D eigenvalue weighted by atomic mass is 9.87. The summed E-state index contributed by atoms with van der Waals surface area (Å²) in [6.07, 6.45) is -8.16. The van der Waals surface area contributed by atoms with Gasteiger partial charge in [0.2, 0.25) is 0 Å². The number of fused-ring (bicyclic) bond motifs is 1. The van der Waals surface area contributed by atoms with Crippen LogP contribution in [-0.2, 0) is 23.6 Å². The molecule has 6 nitrogen and oxygen atoms in total. The lowest BCUT2D eigenvalue weighted by Crippen LogP contribution is -2.48. The molecule has 2 unspecified atom stereocenters. The summed E-state index contributed by atoms with van der Waals surface area (Å²) in [6.45, 7) is 6.97. The molecular formula is C29H30F6N4O2. The van der Waals surface area contributed by atoms with E-state index in [0.29, 0.717) is 41.3 Å². The molecular weight excluding hydrogens is 550 g/mol. The summed E-state index contributed by atoms with van der Waals surface area (Å²) in [6, 6.07) is 7.45. The summed E-state index contributed by atoms with van der Waals surface area (Å²) in [5, 5.41) is 0. The van der Waals surface area contributed by atoms with E-state index in [0.717, 1.165) is 12.1 Å². The molecule has 1 aliphatic heterocycles. The van der Waals surface area contributed by atoms with Gasteiger partial charge in [0.1, 0.15) is 5.82 Å². The number of anilines is 2. The predicted molar refractivity (Wildman–Crippen MR) is 142 cm³/mol. The van der Waals surface area contributed by atoms with E-state index in [-0.39, 0.29) is 30.8 Å². The number of amides is 1. The molecule has 2 aromatic heterocycles. The number of rotatable bonds is 6. The van der Waals surface area contributed by atoms with Crippen molar-refractivity contribution in [3.05, 3.63) is 82.3 Å². The second-order valence-electron chi connectivity index (χ2n) is 9.90. The van der Waals surface area contributed by atoms with Gasteiger partial charge in [0.15, 0.2) is 0 Å². The fourth-order valence-electron chi connectivity index (χ4n) is 5.35. The molecule has 0 aliphatic carbocycles. The van der Waals surface area contributed by atoms with Crippen LogP contribution in [-0.4, -0.2) is 28.7 Å². The summed E-state index contributed by atoms with van der Waals surface area (Å²) < 4.78 is 87.3. The number of hydrogen-bond donors (Lipinski definition) is 0. The molecule has 3 heterocycles. The zero-order chi connectivity index (χ0) is 30.1. The van der Waals surface area contributed by atoms with Gasteiger partial charge in [-0.2, -0.15) is 26.3 Å². The molecule has 1 aliphatic rings. The molecule has 0 spiro atoms. The van der Waals surface area contributed by atoms with E-state index in [4.69, 9.17) is 4.74 Å². The largest absolute Gasteiger partial charge is 0.449 e. The highest BCUT2D eigenvalue weighted by Gasteiger charge is 2.41. The summed E-state index contributed by atoms with van der Waals surface area (Å²) in [4.78, 5) is 25.3. The van der Waals surface area contributed by atoms with Crippen molar-refractivity contribution in [1.29, 1.82) is 0 Å². The van der Waals surface area contributed by atoms with Crippen LogP contribution in [0.3, 0.4) is 0 Å². The van der Waals surface area contributed by atoms with Crippen molar-refractivity contribution in [2.24, 2.45) is 0 Å². The minimum Gasteiger partial charge on any atom is -0.449 e. The third-order valence-electron chi connectivity index (χ3n) is 7.04. The molecule has 220 valence electrons. The number of ether oxygens (including phenoxy) is 1. The molecule has 0 radical (unpaired) electrons. The molecule has 1 amide bonds. The van der Waals surface area contributed by atoms with Gasteiger partial charge in [-0.05, 0) is 75.6 Å². The van der Waals surface area contributed by atoms with Crippen molar-refractivity contribution in [3.63, 3.8) is 0 Å². The lowest BCUT2D eigenvalue weighted by Gasteiger charge is -2.45. The van der Waals surface area contributed by atoms with Crippen molar-refractivity contribution in [3.8, 4) is 0 Å². The Hall–Kier alpha value is -3.83. The molecule has 12 heteroatoms. The van der Waals surface area contributed by atoms with Gasteiger partial charge in [-0.1, -0.05) is 13.0 Å². The predicted octanol–water partition coefficient (Wildman–Crippen LogP) is 8.02. The number of carbonyl (C=O) groups is 1. The SMILES string of the molecule is CCOC(=O)N1c2c(cc(C)nc2C)C(N(Cc2cc(C(F)(F)F)cc(C(F)(F)F)c2)c2ccccn2)CC1CC. The van der Waals surface area contributed by atoms with Crippen molar-refractivity contribution in [2.75, 3.05) is 16.4 Å². The van der Waals surface area contributed by atoms with Crippen LogP contribution in [0.5, 0.6) is 0 Å². The Balaban J connectivity index is 1.91. The number of halogens is 6. The Bertz CT molecular complexity index is 1360. The zero-order valence-corrected chi connectivity index (χ0v) is 23.0. The Morgan fingerprint density at radius 3 is 2.22 bits per heavy atom. The van der Waals surface area contributed by atoms with Gasteiger partial charge in [0.05, 0.1) is 35.2 Å². The summed E-state index contributed by atoms with van der Waals surface area (Å²) in [7, 11) is 0. The fourth-order valence-corrected chi connectivity index (χ4v) is 5.35. The van der Waals surface area contributed by atoms with Crippen molar-refractivity contribution >= 4 is 17.6 Å². The third kappa shape index (κ3) is 6.41. The van der Waals surface area contributed by atoms with Gasteiger partial charge in [-0.25, -0.2) is 9.78 Å². The van der Waals surface area contributed by atoms with Crippen LogP contribution in [0.25, 0.3) is 0 Å². The highest BCUT2D eigenvalue weighted by atomic mass is 19.4. The maximum Gasteiger partial charge on any atom is 0.416 e.